The molecule has 0 saturated carbocycles. The van der Waals surface area contributed by atoms with Crippen LogP contribution >= 0.6 is 11.6 Å². The molecule has 32 heavy (non-hydrogen) atoms. The number of methoxy groups -OCH3 is 2. The van der Waals surface area contributed by atoms with E-state index < -0.39 is 0 Å². The number of carbonyl (C=O) groups is 2. The number of nitrogens with one attached hydrogen (secondary N) is 2. The fourth-order valence-corrected chi connectivity index (χ4v) is 3.01. The second-order valence-electron chi connectivity index (χ2n) is 6.67. The number of hydrogen-bond donors (Lipinski definition) is 2. The summed E-state index contributed by atoms with van der Waals surface area (Å²) >= 11 is 5.84. The molecule has 0 radical (unpaired) electrons. The SMILES string of the molecule is COc1cc(NC(=O)c2ccccc2)c(OC)cc1NC(=O)CCOc1ccc(Cl)cc1. The van der Waals surface area contributed by atoms with Crippen molar-refractivity contribution in [2.24, 2.45) is 0 Å². The van der Waals surface area contributed by atoms with Crippen LogP contribution in [0.2, 0.25) is 5.02 Å². The van der Waals surface area contributed by atoms with E-state index in [1.807, 2.05) is 6.07 Å². The maximum absolute atomic E-state index is 12.5. The van der Waals surface area contributed by atoms with Gasteiger partial charge < -0.3 is 24.8 Å². The largest absolute Gasteiger partial charge is 0.494 e. The summed E-state index contributed by atoms with van der Waals surface area (Å²) < 4.78 is 16.3. The fraction of sp³-hybridized carbons (Fsp3) is 0.167. The highest BCUT2D eigenvalue weighted by Crippen LogP contribution is 2.36. The summed E-state index contributed by atoms with van der Waals surface area (Å²) in [6.45, 7) is 0.193. The Labute approximate surface area is 191 Å². The first-order chi connectivity index (χ1) is 15.5. The molecule has 3 aromatic carbocycles. The van der Waals surface area contributed by atoms with Crippen molar-refractivity contribution in [1.29, 1.82) is 0 Å². The Kier molecular flexibility index (Phi) is 7.94. The molecular formula is C24H23ClN2O5. The lowest BCUT2D eigenvalue weighted by Gasteiger charge is -2.16. The summed E-state index contributed by atoms with van der Waals surface area (Å²) in [7, 11) is 2.95. The molecule has 0 aliphatic rings. The minimum Gasteiger partial charge on any atom is -0.494 e. The van der Waals surface area contributed by atoms with Crippen molar-refractivity contribution < 1.29 is 23.8 Å². The zero-order chi connectivity index (χ0) is 22.9. The Hall–Kier alpha value is -3.71. The molecule has 0 fully saturated rings. The number of amides is 2. The number of rotatable bonds is 9. The lowest BCUT2D eigenvalue weighted by molar-refractivity contribution is -0.116. The molecule has 3 aromatic rings. The number of carbonyl (C=O) groups excluding carboxylic acids is 2. The van der Waals surface area contributed by atoms with E-state index in [1.165, 1.54) is 14.2 Å². The molecule has 8 heteroatoms. The quantitative estimate of drug-likeness (QED) is 0.474. The normalized spacial score (nSPS) is 10.2. The molecule has 0 atom stereocenters. The van der Waals surface area contributed by atoms with Crippen molar-refractivity contribution in [2.75, 3.05) is 31.5 Å². The maximum atomic E-state index is 12.5. The van der Waals surface area contributed by atoms with Crippen molar-refractivity contribution in [3.8, 4) is 17.2 Å². The Bertz CT molecular complexity index is 1070. The molecule has 0 heterocycles. The van der Waals surface area contributed by atoms with Crippen LogP contribution in [0.3, 0.4) is 0 Å². The van der Waals surface area contributed by atoms with Gasteiger partial charge in [-0.2, -0.15) is 0 Å². The molecule has 2 N–H and O–H groups in total. The van der Waals surface area contributed by atoms with Crippen LogP contribution < -0.4 is 24.8 Å². The molecule has 0 unspecified atom stereocenters. The van der Waals surface area contributed by atoms with E-state index in [1.54, 1.807) is 60.7 Å². The van der Waals surface area contributed by atoms with Crippen molar-refractivity contribution in [1.82, 2.24) is 0 Å². The minimum atomic E-state index is -0.290. The van der Waals surface area contributed by atoms with Gasteiger partial charge in [0.15, 0.2) is 0 Å². The van der Waals surface area contributed by atoms with Gasteiger partial charge in [-0.15, -0.1) is 0 Å². The summed E-state index contributed by atoms with van der Waals surface area (Å²) in [6, 6.07) is 18.9. The molecule has 166 valence electrons. The van der Waals surface area contributed by atoms with Gasteiger partial charge in [0.2, 0.25) is 5.91 Å². The number of halogens is 1. The van der Waals surface area contributed by atoms with Gasteiger partial charge in [0.1, 0.15) is 17.2 Å². The highest BCUT2D eigenvalue weighted by atomic mass is 35.5. The molecule has 0 aliphatic carbocycles. The Balaban J connectivity index is 1.66. The standard InChI is InChI=1S/C24H23ClN2O5/c1-30-21-15-20(27-24(29)16-6-4-3-5-7-16)22(31-2)14-19(21)26-23(28)12-13-32-18-10-8-17(25)9-11-18/h3-11,14-15H,12-13H2,1-2H3,(H,26,28)(H,27,29). The van der Waals surface area contributed by atoms with E-state index in [-0.39, 0.29) is 24.8 Å². The predicted octanol–water partition coefficient (Wildman–Crippen LogP) is 5.02. The van der Waals surface area contributed by atoms with E-state index in [4.69, 9.17) is 25.8 Å². The molecule has 7 nitrogen and oxygen atoms in total. The monoisotopic (exact) mass is 454 g/mol. The highest BCUT2D eigenvalue weighted by Gasteiger charge is 2.16. The van der Waals surface area contributed by atoms with Gasteiger partial charge in [-0.05, 0) is 36.4 Å². The summed E-state index contributed by atoms with van der Waals surface area (Å²) in [5.41, 5.74) is 1.34. The number of anilines is 2. The highest BCUT2D eigenvalue weighted by molar-refractivity contribution is 6.30. The number of hydrogen-bond acceptors (Lipinski definition) is 5. The molecule has 0 aliphatic heterocycles. The number of benzene rings is 3. The Morgan fingerprint density at radius 3 is 2.03 bits per heavy atom. The second-order valence-corrected chi connectivity index (χ2v) is 7.11. The van der Waals surface area contributed by atoms with E-state index in [9.17, 15) is 9.59 Å². The maximum Gasteiger partial charge on any atom is 0.255 e. The fourth-order valence-electron chi connectivity index (χ4n) is 2.88. The average molecular weight is 455 g/mol. The van der Waals surface area contributed by atoms with Crippen LogP contribution in [-0.4, -0.2) is 32.6 Å². The van der Waals surface area contributed by atoms with Crippen molar-refractivity contribution in [2.45, 2.75) is 6.42 Å². The number of ether oxygens (including phenoxy) is 3. The molecule has 2 amide bonds. The van der Waals surface area contributed by atoms with Crippen molar-refractivity contribution in [3.05, 3.63) is 77.3 Å². The molecule has 0 bridgehead atoms. The smallest absolute Gasteiger partial charge is 0.255 e. The minimum absolute atomic E-state index is 0.126. The van der Waals surface area contributed by atoms with E-state index >= 15 is 0 Å². The predicted molar refractivity (Wildman–Crippen MR) is 124 cm³/mol. The molecule has 0 spiro atoms. The third-order valence-corrected chi connectivity index (χ3v) is 4.74. The van der Waals surface area contributed by atoms with Gasteiger partial charge in [-0.3, -0.25) is 9.59 Å². The lowest BCUT2D eigenvalue weighted by atomic mass is 10.2. The summed E-state index contributed by atoms with van der Waals surface area (Å²) in [4.78, 5) is 24.9. The first-order valence-electron chi connectivity index (χ1n) is 9.81. The van der Waals surface area contributed by atoms with Crippen molar-refractivity contribution >= 4 is 34.8 Å². The topological polar surface area (TPSA) is 85.9 Å². The molecule has 3 rings (SSSR count). The van der Waals surface area contributed by atoms with Crippen LogP contribution in [0.4, 0.5) is 11.4 Å². The van der Waals surface area contributed by atoms with Gasteiger partial charge in [-0.25, -0.2) is 0 Å². The van der Waals surface area contributed by atoms with Crippen molar-refractivity contribution in [3.63, 3.8) is 0 Å². The van der Waals surface area contributed by atoms with Gasteiger partial charge in [-0.1, -0.05) is 29.8 Å². The first kappa shape index (κ1) is 23.0. The zero-order valence-electron chi connectivity index (χ0n) is 17.7. The van der Waals surface area contributed by atoms with Gasteiger partial charge in [0.25, 0.3) is 5.91 Å². The van der Waals surface area contributed by atoms with Crippen LogP contribution in [0.5, 0.6) is 17.2 Å². The molecule has 0 saturated heterocycles. The summed E-state index contributed by atoms with van der Waals surface area (Å²) in [5, 5.41) is 6.20. The van der Waals surface area contributed by atoms with Gasteiger partial charge in [0.05, 0.1) is 38.6 Å². The summed E-state index contributed by atoms with van der Waals surface area (Å²) in [5.74, 6) is 0.825. The van der Waals surface area contributed by atoms with Crippen LogP contribution in [0.1, 0.15) is 16.8 Å². The zero-order valence-corrected chi connectivity index (χ0v) is 18.4. The Morgan fingerprint density at radius 2 is 1.44 bits per heavy atom. The molecule has 0 aromatic heterocycles. The van der Waals surface area contributed by atoms with E-state index in [0.717, 1.165) is 0 Å². The average Bonchev–Trinajstić information content (AvgIpc) is 2.81. The van der Waals surface area contributed by atoms with Crippen LogP contribution in [0.25, 0.3) is 0 Å². The van der Waals surface area contributed by atoms with Crippen LogP contribution in [0, 0.1) is 0 Å². The third-order valence-electron chi connectivity index (χ3n) is 4.49. The Morgan fingerprint density at radius 1 is 0.844 bits per heavy atom. The third kappa shape index (κ3) is 6.15. The van der Waals surface area contributed by atoms with Crippen LogP contribution in [-0.2, 0) is 4.79 Å². The second kappa shape index (κ2) is 11.1. The summed E-state index contributed by atoms with van der Waals surface area (Å²) in [6.07, 6.45) is 0.126. The van der Waals surface area contributed by atoms with Gasteiger partial charge in [0, 0.05) is 22.7 Å². The van der Waals surface area contributed by atoms with Crippen LogP contribution in [0.15, 0.2) is 66.7 Å². The van der Waals surface area contributed by atoms with E-state index in [2.05, 4.69) is 10.6 Å². The first-order valence-corrected chi connectivity index (χ1v) is 10.2. The lowest BCUT2D eigenvalue weighted by Crippen LogP contribution is -2.16. The van der Waals surface area contributed by atoms with Gasteiger partial charge >= 0.3 is 0 Å². The molecular weight excluding hydrogens is 432 g/mol. The van der Waals surface area contributed by atoms with E-state index in [0.29, 0.717) is 39.2 Å².